The number of halogens is 1. The standard InChI is InChI=1S/C13H19BrN2O2/c1-2-16-8-10(14)7-11(16)12(17)15-9-13(18)5-3-4-6-13/h7-8,18H,2-6,9H2,1H3,(H,15,17). The van der Waals surface area contributed by atoms with Gasteiger partial charge in [-0.25, -0.2) is 0 Å². The largest absolute Gasteiger partial charge is 0.388 e. The zero-order chi connectivity index (χ0) is 13.2. The molecule has 18 heavy (non-hydrogen) atoms. The van der Waals surface area contributed by atoms with Crippen LogP contribution in [0, 0.1) is 0 Å². The van der Waals surface area contributed by atoms with Gasteiger partial charge in [0.25, 0.3) is 5.91 Å². The molecule has 1 aromatic rings. The Morgan fingerprint density at radius 3 is 2.83 bits per heavy atom. The Balaban J connectivity index is 1.99. The van der Waals surface area contributed by atoms with Crippen molar-refractivity contribution in [3.05, 3.63) is 22.4 Å². The monoisotopic (exact) mass is 314 g/mol. The van der Waals surface area contributed by atoms with Gasteiger partial charge in [-0.05, 0) is 41.8 Å². The maximum Gasteiger partial charge on any atom is 0.268 e. The summed E-state index contributed by atoms with van der Waals surface area (Å²) >= 11 is 3.37. The number of hydrogen-bond acceptors (Lipinski definition) is 2. The predicted molar refractivity (Wildman–Crippen MR) is 73.6 cm³/mol. The second-order valence-electron chi connectivity index (χ2n) is 4.94. The minimum Gasteiger partial charge on any atom is -0.388 e. The van der Waals surface area contributed by atoms with E-state index in [-0.39, 0.29) is 5.91 Å². The maximum absolute atomic E-state index is 12.1. The van der Waals surface area contributed by atoms with E-state index in [1.807, 2.05) is 17.7 Å². The Labute approximate surface area is 116 Å². The van der Waals surface area contributed by atoms with Crippen LogP contribution in [0.15, 0.2) is 16.7 Å². The molecule has 0 unspecified atom stereocenters. The third-order valence-electron chi connectivity index (χ3n) is 3.55. The molecule has 0 aromatic carbocycles. The number of aliphatic hydroxyl groups is 1. The number of hydrogen-bond donors (Lipinski definition) is 2. The van der Waals surface area contributed by atoms with Crippen molar-refractivity contribution in [3.63, 3.8) is 0 Å². The van der Waals surface area contributed by atoms with Crippen molar-refractivity contribution in [2.75, 3.05) is 6.54 Å². The summed E-state index contributed by atoms with van der Waals surface area (Å²) in [4.78, 5) is 12.1. The Kier molecular flexibility index (Phi) is 4.12. The summed E-state index contributed by atoms with van der Waals surface area (Å²) < 4.78 is 2.78. The number of nitrogens with one attached hydrogen (secondary N) is 1. The van der Waals surface area contributed by atoms with Crippen LogP contribution in [0.25, 0.3) is 0 Å². The van der Waals surface area contributed by atoms with E-state index in [1.165, 1.54) is 0 Å². The fourth-order valence-corrected chi connectivity index (χ4v) is 2.94. The summed E-state index contributed by atoms with van der Waals surface area (Å²) in [6.45, 7) is 3.09. The van der Waals surface area contributed by atoms with Crippen LogP contribution >= 0.6 is 15.9 Å². The van der Waals surface area contributed by atoms with Crippen molar-refractivity contribution in [1.29, 1.82) is 0 Å². The van der Waals surface area contributed by atoms with Crippen molar-refractivity contribution in [2.24, 2.45) is 0 Å². The van der Waals surface area contributed by atoms with E-state index in [1.54, 1.807) is 6.07 Å². The van der Waals surface area contributed by atoms with Crippen LogP contribution in [0.1, 0.15) is 43.1 Å². The van der Waals surface area contributed by atoms with Gasteiger partial charge >= 0.3 is 0 Å². The van der Waals surface area contributed by atoms with Gasteiger partial charge in [-0.1, -0.05) is 12.8 Å². The highest BCUT2D eigenvalue weighted by molar-refractivity contribution is 9.10. The fraction of sp³-hybridized carbons (Fsp3) is 0.615. The van der Waals surface area contributed by atoms with E-state index in [0.717, 1.165) is 36.7 Å². The van der Waals surface area contributed by atoms with Gasteiger partial charge in [-0.3, -0.25) is 4.79 Å². The number of rotatable bonds is 4. The number of nitrogens with zero attached hydrogens (tertiary/aromatic N) is 1. The predicted octanol–water partition coefficient (Wildman–Crippen LogP) is 2.31. The first-order valence-corrected chi connectivity index (χ1v) is 7.20. The van der Waals surface area contributed by atoms with Gasteiger partial charge < -0.3 is 15.0 Å². The summed E-state index contributed by atoms with van der Waals surface area (Å²) in [5, 5.41) is 13.0. The number of aryl methyl sites for hydroxylation is 1. The first-order chi connectivity index (χ1) is 8.54. The van der Waals surface area contributed by atoms with E-state index >= 15 is 0 Å². The molecule has 1 aliphatic rings. The van der Waals surface area contributed by atoms with Crippen molar-refractivity contribution >= 4 is 21.8 Å². The van der Waals surface area contributed by atoms with E-state index in [9.17, 15) is 9.90 Å². The van der Waals surface area contributed by atoms with Crippen molar-refractivity contribution < 1.29 is 9.90 Å². The molecule has 0 spiro atoms. The zero-order valence-corrected chi connectivity index (χ0v) is 12.2. The average Bonchev–Trinajstić information content (AvgIpc) is 2.93. The summed E-state index contributed by atoms with van der Waals surface area (Å²) in [6, 6.07) is 1.80. The Morgan fingerprint density at radius 2 is 2.22 bits per heavy atom. The number of aromatic nitrogens is 1. The van der Waals surface area contributed by atoms with Gasteiger partial charge in [0.05, 0.1) is 5.60 Å². The molecule has 1 heterocycles. The second-order valence-corrected chi connectivity index (χ2v) is 5.86. The first-order valence-electron chi connectivity index (χ1n) is 6.40. The fourth-order valence-electron chi connectivity index (χ4n) is 2.47. The molecule has 2 N–H and O–H groups in total. The molecule has 0 atom stereocenters. The summed E-state index contributed by atoms with van der Waals surface area (Å²) in [6.07, 6.45) is 5.54. The van der Waals surface area contributed by atoms with Crippen molar-refractivity contribution in [1.82, 2.24) is 9.88 Å². The molecule has 2 rings (SSSR count). The third-order valence-corrected chi connectivity index (χ3v) is 3.98. The number of carbonyl (C=O) groups excluding carboxylic acids is 1. The molecule has 1 saturated carbocycles. The SMILES string of the molecule is CCn1cc(Br)cc1C(=O)NCC1(O)CCCC1. The van der Waals surface area contributed by atoms with E-state index in [2.05, 4.69) is 21.2 Å². The molecule has 0 bridgehead atoms. The average molecular weight is 315 g/mol. The normalized spacial score (nSPS) is 17.9. The lowest BCUT2D eigenvalue weighted by molar-refractivity contribution is 0.0447. The number of amides is 1. The minimum absolute atomic E-state index is 0.122. The van der Waals surface area contributed by atoms with Gasteiger partial charge in [-0.15, -0.1) is 0 Å². The molecule has 5 heteroatoms. The van der Waals surface area contributed by atoms with Crippen LogP contribution in [0.2, 0.25) is 0 Å². The highest BCUT2D eigenvalue weighted by Gasteiger charge is 2.31. The molecule has 1 aliphatic carbocycles. The van der Waals surface area contributed by atoms with Gasteiger partial charge in [0.1, 0.15) is 5.69 Å². The van der Waals surface area contributed by atoms with Crippen LogP contribution in [-0.4, -0.2) is 27.7 Å². The highest BCUT2D eigenvalue weighted by atomic mass is 79.9. The lowest BCUT2D eigenvalue weighted by Crippen LogP contribution is -2.41. The lowest BCUT2D eigenvalue weighted by atomic mass is 10.0. The lowest BCUT2D eigenvalue weighted by Gasteiger charge is -2.22. The van der Waals surface area contributed by atoms with Gasteiger partial charge in [0, 0.05) is 23.8 Å². The van der Waals surface area contributed by atoms with Gasteiger partial charge in [0.15, 0.2) is 0 Å². The number of carbonyl (C=O) groups is 1. The van der Waals surface area contributed by atoms with E-state index in [4.69, 9.17) is 0 Å². The van der Waals surface area contributed by atoms with E-state index in [0.29, 0.717) is 12.2 Å². The Hall–Kier alpha value is -0.810. The molecule has 4 nitrogen and oxygen atoms in total. The van der Waals surface area contributed by atoms with Gasteiger partial charge in [-0.2, -0.15) is 0 Å². The van der Waals surface area contributed by atoms with Crippen LogP contribution < -0.4 is 5.32 Å². The minimum atomic E-state index is -0.698. The van der Waals surface area contributed by atoms with Crippen LogP contribution in [0.3, 0.4) is 0 Å². The molecule has 0 saturated heterocycles. The molecule has 1 aromatic heterocycles. The molecular weight excluding hydrogens is 296 g/mol. The van der Waals surface area contributed by atoms with Crippen LogP contribution in [0.5, 0.6) is 0 Å². The Bertz CT molecular complexity index is 436. The molecule has 1 fully saturated rings. The smallest absolute Gasteiger partial charge is 0.268 e. The molecule has 0 aliphatic heterocycles. The van der Waals surface area contributed by atoms with Crippen LogP contribution in [-0.2, 0) is 6.54 Å². The van der Waals surface area contributed by atoms with Gasteiger partial charge in [0.2, 0.25) is 0 Å². The first kappa shape index (κ1) is 13.6. The topological polar surface area (TPSA) is 54.3 Å². The van der Waals surface area contributed by atoms with Crippen molar-refractivity contribution in [3.8, 4) is 0 Å². The molecular formula is C13H19BrN2O2. The summed E-state index contributed by atoms with van der Waals surface area (Å²) in [5.41, 5.74) is -0.0674. The highest BCUT2D eigenvalue weighted by Crippen LogP contribution is 2.28. The molecule has 0 radical (unpaired) electrons. The van der Waals surface area contributed by atoms with Crippen LogP contribution in [0.4, 0.5) is 0 Å². The summed E-state index contributed by atoms with van der Waals surface area (Å²) in [7, 11) is 0. The van der Waals surface area contributed by atoms with Crippen molar-refractivity contribution in [2.45, 2.75) is 44.8 Å². The zero-order valence-electron chi connectivity index (χ0n) is 10.6. The molecule has 1 amide bonds. The summed E-state index contributed by atoms with van der Waals surface area (Å²) in [5.74, 6) is -0.122. The maximum atomic E-state index is 12.1. The molecule has 100 valence electrons. The quantitative estimate of drug-likeness (QED) is 0.896. The van der Waals surface area contributed by atoms with E-state index < -0.39 is 5.60 Å². The third kappa shape index (κ3) is 2.95. The Morgan fingerprint density at radius 1 is 1.56 bits per heavy atom. The second kappa shape index (κ2) is 5.45.